The molecule has 0 unspecified atom stereocenters. The number of hydrogen-bond acceptors (Lipinski definition) is 6. The summed E-state index contributed by atoms with van der Waals surface area (Å²) >= 11 is 0. The van der Waals surface area contributed by atoms with Crippen molar-refractivity contribution in [2.45, 2.75) is 40.0 Å². The molecule has 2 heterocycles. The normalized spacial score (nSPS) is 13.5. The number of fused-ring (bicyclic) bond motifs is 2. The Morgan fingerprint density at radius 2 is 1.67 bits per heavy atom. The van der Waals surface area contributed by atoms with E-state index in [0.29, 0.717) is 44.8 Å². The lowest BCUT2D eigenvalue weighted by atomic mass is 9.85. The molecule has 1 aliphatic heterocycles. The van der Waals surface area contributed by atoms with Gasteiger partial charge in [-0.2, -0.15) is 5.26 Å². The second-order valence-electron chi connectivity index (χ2n) is 9.75. The summed E-state index contributed by atoms with van der Waals surface area (Å²) in [6.45, 7) is 10.1. The topological polar surface area (TPSA) is 108 Å². The van der Waals surface area contributed by atoms with Crippen LogP contribution in [0.4, 0.5) is 5.69 Å². The summed E-state index contributed by atoms with van der Waals surface area (Å²) in [5, 5.41) is 24.4. The summed E-state index contributed by atoms with van der Waals surface area (Å²) in [4.78, 5) is 17.8. The summed E-state index contributed by atoms with van der Waals surface area (Å²) in [5.74, 6) is -0.251. The Morgan fingerprint density at radius 3 is 2.28 bits per heavy atom. The molecule has 7 nitrogen and oxygen atoms in total. The first-order chi connectivity index (χ1) is 18.7. The fraction of sp³-hybridized carbons (Fsp3) is 0.219. The zero-order chi connectivity index (χ0) is 28.3. The van der Waals surface area contributed by atoms with E-state index in [-0.39, 0.29) is 22.6 Å². The molecule has 7 heteroatoms. The third-order valence-corrected chi connectivity index (χ3v) is 6.29. The summed E-state index contributed by atoms with van der Waals surface area (Å²) in [6, 6.07) is 21.9. The van der Waals surface area contributed by atoms with Crippen LogP contribution in [0.5, 0.6) is 11.7 Å². The number of carbonyl (C=O) groups is 1. The van der Waals surface area contributed by atoms with Gasteiger partial charge in [0.2, 0.25) is 0 Å². The first-order valence-corrected chi connectivity index (χ1v) is 12.8. The van der Waals surface area contributed by atoms with Gasteiger partial charge >= 0.3 is 0 Å². The number of para-hydroxylation sites is 1. The Labute approximate surface area is 228 Å². The minimum Gasteiger partial charge on any atom is -0.497 e. The number of aromatic hydroxyl groups is 1. The number of furan rings is 1. The number of ether oxygens (including phenoxy) is 1. The molecule has 3 aromatic carbocycles. The molecule has 198 valence electrons. The van der Waals surface area contributed by atoms with Crippen LogP contribution < -0.4 is 10.1 Å². The lowest BCUT2D eigenvalue weighted by Crippen LogP contribution is -2.14. The molecule has 0 bridgehead atoms. The molecule has 0 radical (unpaired) electrons. The van der Waals surface area contributed by atoms with E-state index in [4.69, 9.17) is 14.1 Å². The highest BCUT2D eigenvalue weighted by Gasteiger charge is 2.32. The van der Waals surface area contributed by atoms with Crippen LogP contribution in [0.1, 0.15) is 56.9 Å². The van der Waals surface area contributed by atoms with E-state index in [0.717, 1.165) is 5.56 Å². The average molecular weight is 522 g/mol. The van der Waals surface area contributed by atoms with Gasteiger partial charge in [-0.05, 0) is 29.7 Å². The predicted molar refractivity (Wildman–Crippen MR) is 154 cm³/mol. The molecule has 0 spiro atoms. The maximum atomic E-state index is 13.1. The summed E-state index contributed by atoms with van der Waals surface area (Å²) in [5.41, 5.74) is 3.85. The van der Waals surface area contributed by atoms with Crippen LogP contribution >= 0.6 is 0 Å². The number of anilines is 1. The van der Waals surface area contributed by atoms with Gasteiger partial charge in [-0.1, -0.05) is 77.1 Å². The number of amides is 1. The van der Waals surface area contributed by atoms with E-state index in [1.54, 1.807) is 43.5 Å². The number of methoxy groups -OCH3 is 1. The van der Waals surface area contributed by atoms with Gasteiger partial charge in [-0.3, -0.25) is 4.79 Å². The van der Waals surface area contributed by atoms with Crippen molar-refractivity contribution in [1.29, 1.82) is 5.26 Å². The van der Waals surface area contributed by atoms with Gasteiger partial charge in [0.15, 0.2) is 0 Å². The minimum atomic E-state index is -0.568. The number of nitriles is 1. The fourth-order valence-electron chi connectivity index (χ4n) is 4.50. The lowest BCUT2D eigenvalue weighted by molar-refractivity contribution is -0.112. The second kappa shape index (κ2) is 10.9. The van der Waals surface area contributed by atoms with E-state index in [1.165, 1.54) is 0 Å². The monoisotopic (exact) mass is 521 g/mol. The molecule has 39 heavy (non-hydrogen) atoms. The Hall–Kier alpha value is -4.83. The largest absolute Gasteiger partial charge is 0.497 e. The number of hydrogen-bond donors (Lipinski definition) is 2. The number of carbonyl (C=O) groups excluding carboxylic acids is 1. The van der Waals surface area contributed by atoms with E-state index < -0.39 is 5.91 Å². The third kappa shape index (κ3) is 5.01. The first-order valence-electron chi connectivity index (χ1n) is 12.8. The molecule has 0 saturated carbocycles. The van der Waals surface area contributed by atoms with Gasteiger partial charge in [0, 0.05) is 27.8 Å². The van der Waals surface area contributed by atoms with Crippen LogP contribution in [0.2, 0.25) is 0 Å². The molecule has 0 atom stereocenters. The smallest absolute Gasteiger partial charge is 0.292 e. The Morgan fingerprint density at radius 1 is 1.03 bits per heavy atom. The molecular weight excluding hydrogens is 490 g/mol. The third-order valence-electron chi connectivity index (χ3n) is 6.29. The number of aliphatic imine (C=N–C) groups is 1. The second-order valence-corrected chi connectivity index (χ2v) is 9.75. The molecule has 5 rings (SSSR count). The summed E-state index contributed by atoms with van der Waals surface area (Å²) in [6.07, 6.45) is 0. The standard InChI is InChI=1S/C30H25N3O4.C2H6/c1-30(2,3)23-15-18(36-4)14-21-24(29(35)37-27(21)23)26-20-13-9-8-12-19(20)25(33-26)22(16-31)28(34)32-17-10-6-5-7-11-17;1-2/h5-15,35H,1-4H3,(H,32,34);1-2H3/b25-22+;. The zero-order valence-corrected chi connectivity index (χ0v) is 22.9. The molecule has 1 aliphatic rings. The van der Waals surface area contributed by atoms with Gasteiger partial charge in [0.05, 0.1) is 24.1 Å². The van der Waals surface area contributed by atoms with E-state index in [1.807, 2.05) is 71.0 Å². The van der Waals surface area contributed by atoms with Crippen molar-refractivity contribution in [1.82, 2.24) is 0 Å². The van der Waals surface area contributed by atoms with Crippen LogP contribution in [0, 0.1) is 11.3 Å². The SMILES string of the molecule is CC.COc1cc(C(C)(C)C)c2oc(O)c(C3=N/C(=C(\C#N)C(=O)Nc4ccccc4)c4ccccc43)c2c1. The van der Waals surface area contributed by atoms with Gasteiger partial charge < -0.3 is 19.6 Å². The van der Waals surface area contributed by atoms with Crippen molar-refractivity contribution in [3.05, 3.63) is 94.6 Å². The lowest BCUT2D eigenvalue weighted by Gasteiger charge is -2.20. The van der Waals surface area contributed by atoms with Crippen LogP contribution in [0.25, 0.3) is 16.7 Å². The van der Waals surface area contributed by atoms with Gasteiger partial charge in [-0.15, -0.1) is 0 Å². The van der Waals surface area contributed by atoms with E-state index in [9.17, 15) is 15.2 Å². The quantitative estimate of drug-likeness (QED) is 0.218. The Kier molecular flexibility index (Phi) is 7.59. The van der Waals surface area contributed by atoms with Crippen LogP contribution in [-0.2, 0) is 10.2 Å². The molecule has 4 aromatic rings. The van der Waals surface area contributed by atoms with E-state index >= 15 is 0 Å². The van der Waals surface area contributed by atoms with Gasteiger partial charge in [0.25, 0.3) is 11.9 Å². The molecule has 0 fully saturated rings. The van der Waals surface area contributed by atoms with Gasteiger partial charge in [0.1, 0.15) is 23.0 Å². The highest BCUT2D eigenvalue weighted by atomic mass is 16.5. The summed E-state index contributed by atoms with van der Waals surface area (Å²) < 4.78 is 11.4. The van der Waals surface area contributed by atoms with Crippen LogP contribution in [0.15, 0.2) is 81.7 Å². The zero-order valence-electron chi connectivity index (χ0n) is 22.9. The molecular formula is C32H31N3O4. The first kappa shape index (κ1) is 27.2. The van der Waals surface area contributed by atoms with Crippen molar-refractivity contribution in [2.75, 3.05) is 12.4 Å². The number of nitrogens with zero attached hydrogens (tertiary/aromatic N) is 2. The maximum Gasteiger partial charge on any atom is 0.292 e. The average Bonchev–Trinajstić information content (AvgIpc) is 3.46. The Balaban J connectivity index is 0.00000172. The predicted octanol–water partition coefficient (Wildman–Crippen LogP) is 7.20. The Bertz CT molecular complexity index is 1650. The highest BCUT2D eigenvalue weighted by Crippen LogP contribution is 2.44. The van der Waals surface area contributed by atoms with Crippen molar-refractivity contribution in [3.63, 3.8) is 0 Å². The van der Waals surface area contributed by atoms with E-state index in [2.05, 4.69) is 5.32 Å². The fourth-order valence-corrected chi connectivity index (χ4v) is 4.50. The van der Waals surface area contributed by atoms with Crippen LogP contribution in [0.3, 0.4) is 0 Å². The molecule has 1 aromatic heterocycles. The number of benzene rings is 3. The molecule has 2 N–H and O–H groups in total. The van der Waals surface area contributed by atoms with Crippen molar-refractivity contribution in [2.24, 2.45) is 4.99 Å². The van der Waals surface area contributed by atoms with Crippen molar-refractivity contribution < 1.29 is 19.1 Å². The molecule has 1 amide bonds. The number of rotatable bonds is 4. The van der Waals surface area contributed by atoms with Crippen LogP contribution in [-0.4, -0.2) is 23.8 Å². The molecule has 0 saturated heterocycles. The summed E-state index contributed by atoms with van der Waals surface area (Å²) in [7, 11) is 1.58. The molecule has 0 aliphatic carbocycles. The minimum absolute atomic E-state index is 0.133. The number of nitrogens with one attached hydrogen (secondary N) is 1. The highest BCUT2D eigenvalue weighted by molar-refractivity contribution is 6.28. The maximum absolute atomic E-state index is 13.1. The van der Waals surface area contributed by atoms with Crippen molar-refractivity contribution in [3.8, 4) is 17.8 Å². The van der Waals surface area contributed by atoms with Gasteiger partial charge in [-0.25, -0.2) is 4.99 Å². The van der Waals surface area contributed by atoms with Crippen molar-refractivity contribution >= 4 is 34.0 Å².